The average Bonchev–Trinajstić information content (AvgIpc) is 2.44. The Hall–Kier alpha value is -1.75. The first-order valence-electron chi connectivity index (χ1n) is 6.34. The Bertz CT molecular complexity index is 421. The molecule has 1 aromatic carbocycles. The predicted molar refractivity (Wildman–Crippen MR) is 74.6 cm³/mol. The minimum absolute atomic E-state index is 0.0239. The van der Waals surface area contributed by atoms with Gasteiger partial charge in [-0.25, -0.2) is 0 Å². The van der Waals surface area contributed by atoms with Gasteiger partial charge in [0, 0.05) is 0 Å². The van der Waals surface area contributed by atoms with Crippen LogP contribution in [-0.2, 0) is 4.79 Å². The molecule has 2 N–H and O–H groups in total. The highest BCUT2D eigenvalue weighted by molar-refractivity contribution is 5.78. The van der Waals surface area contributed by atoms with E-state index in [-0.39, 0.29) is 11.9 Å². The summed E-state index contributed by atoms with van der Waals surface area (Å²) < 4.78 is 10.4. The summed E-state index contributed by atoms with van der Waals surface area (Å²) >= 11 is 0. The van der Waals surface area contributed by atoms with E-state index in [1.165, 1.54) is 0 Å². The molecule has 0 aliphatic heterocycles. The zero-order valence-corrected chi connectivity index (χ0v) is 11.9. The van der Waals surface area contributed by atoms with Crippen LogP contribution < -0.4 is 20.1 Å². The first kappa shape index (κ1) is 15.3. The summed E-state index contributed by atoms with van der Waals surface area (Å²) in [4.78, 5) is 11.6. The van der Waals surface area contributed by atoms with Gasteiger partial charge in [-0.3, -0.25) is 4.79 Å². The first-order chi connectivity index (χ1) is 9.12. The fourth-order valence-electron chi connectivity index (χ4n) is 1.74. The smallest absolute Gasteiger partial charge is 0.234 e. The predicted octanol–water partition coefficient (Wildman–Crippen LogP) is 1.49. The van der Waals surface area contributed by atoms with E-state index in [2.05, 4.69) is 10.6 Å². The van der Waals surface area contributed by atoms with Crippen molar-refractivity contribution in [3.05, 3.63) is 23.8 Å². The topological polar surface area (TPSA) is 59.6 Å². The van der Waals surface area contributed by atoms with Crippen LogP contribution in [0.2, 0.25) is 0 Å². The van der Waals surface area contributed by atoms with Crippen LogP contribution >= 0.6 is 0 Å². The van der Waals surface area contributed by atoms with Gasteiger partial charge in [0.25, 0.3) is 0 Å². The molecule has 1 rings (SSSR count). The molecule has 0 radical (unpaired) electrons. The molecule has 0 saturated carbocycles. The number of rotatable bonds is 7. The van der Waals surface area contributed by atoms with E-state index in [0.717, 1.165) is 12.1 Å². The summed E-state index contributed by atoms with van der Waals surface area (Å²) in [5.74, 6) is 1.31. The van der Waals surface area contributed by atoms with Crippen molar-refractivity contribution in [3.8, 4) is 11.5 Å². The van der Waals surface area contributed by atoms with E-state index < -0.39 is 0 Å². The maximum Gasteiger partial charge on any atom is 0.234 e. The van der Waals surface area contributed by atoms with Crippen LogP contribution in [0.1, 0.15) is 25.5 Å². The molecule has 0 bridgehead atoms. The van der Waals surface area contributed by atoms with Gasteiger partial charge in [0.15, 0.2) is 11.5 Å². The van der Waals surface area contributed by atoms with Crippen LogP contribution in [0.3, 0.4) is 0 Å². The van der Waals surface area contributed by atoms with E-state index in [9.17, 15) is 4.79 Å². The van der Waals surface area contributed by atoms with E-state index in [1.807, 2.05) is 32.0 Å². The quantitative estimate of drug-likeness (QED) is 0.785. The standard InChI is InChI=1S/C14H22N2O3/c1-5-15-9-14(17)16-10(2)11-6-7-12(18-3)13(8-11)19-4/h6-8,10,15H,5,9H2,1-4H3,(H,16,17). The molecular formula is C14H22N2O3. The lowest BCUT2D eigenvalue weighted by atomic mass is 10.1. The Morgan fingerprint density at radius 2 is 1.95 bits per heavy atom. The number of likely N-dealkylation sites (N-methyl/N-ethyl adjacent to an activating group) is 1. The molecule has 0 spiro atoms. The molecule has 0 fully saturated rings. The molecule has 19 heavy (non-hydrogen) atoms. The number of ether oxygens (including phenoxy) is 2. The summed E-state index contributed by atoms with van der Waals surface area (Å²) in [6.07, 6.45) is 0. The van der Waals surface area contributed by atoms with Crippen LogP contribution in [0.15, 0.2) is 18.2 Å². The van der Waals surface area contributed by atoms with Crippen LogP contribution in [0.4, 0.5) is 0 Å². The Balaban J connectivity index is 2.71. The van der Waals surface area contributed by atoms with Crippen molar-refractivity contribution in [2.75, 3.05) is 27.3 Å². The molecule has 0 aliphatic rings. The van der Waals surface area contributed by atoms with Crippen molar-refractivity contribution in [3.63, 3.8) is 0 Å². The first-order valence-corrected chi connectivity index (χ1v) is 6.34. The average molecular weight is 266 g/mol. The van der Waals surface area contributed by atoms with Crippen molar-refractivity contribution in [2.45, 2.75) is 19.9 Å². The van der Waals surface area contributed by atoms with Crippen molar-refractivity contribution in [1.29, 1.82) is 0 Å². The van der Waals surface area contributed by atoms with E-state index in [1.54, 1.807) is 14.2 Å². The second-order valence-electron chi connectivity index (χ2n) is 4.18. The van der Waals surface area contributed by atoms with Gasteiger partial charge in [-0.1, -0.05) is 13.0 Å². The fourth-order valence-corrected chi connectivity index (χ4v) is 1.74. The molecule has 5 nitrogen and oxygen atoms in total. The molecule has 0 aromatic heterocycles. The molecule has 0 aliphatic carbocycles. The molecule has 0 saturated heterocycles. The highest BCUT2D eigenvalue weighted by atomic mass is 16.5. The SMILES string of the molecule is CCNCC(=O)NC(C)c1ccc(OC)c(OC)c1. The number of carbonyl (C=O) groups is 1. The minimum Gasteiger partial charge on any atom is -0.493 e. The lowest BCUT2D eigenvalue weighted by Crippen LogP contribution is -2.35. The number of carbonyl (C=O) groups excluding carboxylic acids is 1. The largest absolute Gasteiger partial charge is 0.493 e. The normalized spacial score (nSPS) is 11.8. The van der Waals surface area contributed by atoms with Gasteiger partial charge in [-0.15, -0.1) is 0 Å². The Kier molecular flexibility index (Phi) is 6.15. The zero-order valence-electron chi connectivity index (χ0n) is 11.9. The van der Waals surface area contributed by atoms with E-state index in [0.29, 0.717) is 18.0 Å². The molecule has 1 amide bonds. The second kappa shape index (κ2) is 7.63. The van der Waals surface area contributed by atoms with Gasteiger partial charge in [-0.2, -0.15) is 0 Å². The number of nitrogens with one attached hydrogen (secondary N) is 2. The lowest BCUT2D eigenvalue weighted by molar-refractivity contribution is -0.120. The third-order valence-corrected chi connectivity index (χ3v) is 2.82. The lowest BCUT2D eigenvalue weighted by Gasteiger charge is -2.16. The van der Waals surface area contributed by atoms with Gasteiger partial charge in [0.05, 0.1) is 26.8 Å². The van der Waals surface area contributed by atoms with Crippen LogP contribution in [0.5, 0.6) is 11.5 Å². The highest BCUT2D eigenvalue weighted by Crippen LogP contribution is 2.29. The third-order valence-electron chi connectivity index (χ3n) is 2.82. The minimum atomic E-state index is -0.0778. The molecule has 106 valence electrons. The number of amides is 1. The summed E-state index contributed by atoms with van der Waals surface area (Å²) in [7, 11) is 3.19. The molecule has 1 atom stereocenters. The van der Waals surface area contributed by atoms with Gasteiger partial charge >= 0.3 is 0 Å². The molecular weight excluding hydrogens is 244 g/mol. The maximum absolute atomic E-state index is 11.6. The fraction of sp³-hybridized carbons (Fsp3) is 0.500. The monoisotopic (exact) mass is 266 g/mol. The third kappa shape index (κ3) is 4.44. The summed E-state index contributed by atoms with van der Waals surface area (Å²) in [5.41, 5.74) is 0.975. The Labute approximate surface area is 114 Å². The molecule has 5 heteroatoms. The van der Waals surface area contributed by atoms with Crippen LogP contribution in [0, 0.1) is 0 Å². The van der Waals surface area contributed by atoms with Gasteiger partial charge < -0.3 is 20.1 Å². The maximum atomic E-state index is 11.6. The highest BCUT2D eigenvalue weighted by Gasteiger charge is 2.12. The van der Waals surface area contributed by atoms with Gasteiger partial charge in [0.2, 0.25) is 5.91 Å². The van der Waals surface area contributed by atoms with Gasteiger partial charge in [0.1, 0.15) is 0 Å². The summed E-state index contributed by atoms with van der Waals surface area (Å²) in [6.45, 7) is 5.00. The van der Waals surface area contributed by atoms with Crippen molar-refractivity contribution in [2.24, 2.45) is 0 Å². The Morgan fingerprint density at radius 1 is 1.26 bits per heavy atom. The van der Waals surface area contributed by atoms with Crippen LogP contribution in [0.25, 0.3) is 0 Å². The van der Waals surface area contributed by atoms with Crippen molar-refractivity contribution >= 4 is 5.91 Å². The van der Waals surface area contributed by atoms with Crippen molar-refractivity contribution < 1.29 is 14.3 Å². The number of hydrogen-bond donors (Lipinski definition) is 2. The molecule has 1 unspecified atom stereocenters. The van der Waals surface area contributed by atoms with Gasteiger partial charge in [-0.05, 0) is 31.2 Å². The second-order valence-corrected chi connectivity index (χ2v) is 4.18. The number of benzene rings is 1. The summed E-state index contributed by atoms with van der Waals surface area (Å²) in [6, 6.07) is 5.54. The summed E-state index contributed by atoms with van der Waals surface area (Å²) in [5, 5.41) is 5.91. The molecule has 0 heterocycles. The van der Waals surface area contributed by atoms with Crippen molar-refractivity contribution in [1.82, 2.24) is 10.6 Å². The zero-order chi connectivity index (χ0) is 14.3. The number of methoxy groups -OCH3 is 2. The number of hydrogen-bond acceptors (Lipinski definition) is 4. The molecule has 1 aromatic rings. The van der Waals surface area contributed by atoms with Crippen LogP contribution in [-0.4, -0.2) is 33.2 Å². The van der Waals surface area contributed by atoms with E-state index in [4.69, 9.17) is 9.47 Å². The van der Waals surface area contributed by atoms with E-state index >= 15 is 0 Å². The Morgan fingerprint density at radius 3 is 2.53 bits per heavy atom.